The van der Waals surface area contributed by atoms with Gasteiger partial charge in [0.2, 0.25) is 5.91 Å². The van der Waals surface area contributed by atoms with Gasteiger partial charge in [0, 0.05) is 18.0 Å². The lowest BCUT2D eigenvalue weighted by molar-refractivity contribution is -0.122. The van der Waals surface area contributed by atoms with Crippen LogP contribution in [-0.2, 0) is 4.79 Å². The van der Waals surface area contributed by atoms with Crippen LogP contribution in [0.25, 0.3) is 0 Å². The molecule has 1 aliphatic carbocycles. The Morgan fingerprint density at radius 1 is 1.00 bits per heavy atom. The second kappa shape index (κ2) is 7.26. The van der Waals surface area contributed by atoms with E-state index in [1.54, 1.807) is 42.6 Å². The quantitative estimate of drug-likeness (QED) is 0.867. The van der Waals surface area contributed by atoms with Crippen LogP contribution in [-0.4, -0.2) is 35.6 Å². The van der Waals surface area contributed by atoms with Crippen molar-refractivity contribution in [3.8, 4) is 11.5 Å². The monoisotopic (exact) mass is 367 g/mol. The summed E-state index contributed by atoms with van der Waals surface area (Å²) < 4.78 is 11.1. The normalized spacial score (nSPS) is 17.2. The van der Waals surface area contributed by atoms with Gasteiger partial charge in [-0.3, -0.25) is 14.6 Å². The zero-order valence-corrected chi connectivity index (χ0v) is 14.9. The summed E-state index contributed by atoms with van der Waals surface area (Å²) in [7, 11) is 0. The number of nitrogens with one attached hydrogen (secondary N) is 2. The fourth-order valence-corrected chi connectivity index (χ4v) is 3.54. The molecule has 0 spiro atoms. The van der Waals surface area contributed by atoms with E-state index in [-0.39, 0.29) is 11.8 Å². The number of hydrogen-bond donors (Lipinski definition) is 2. The van der Waals surface area contributed by atoms with Gasteiger partial charge in [0.1, 0.15) is 24.4 Å². The van der Waals surface area contributed by atoms with Gasteiger partial charge in [0.05, 0.1) is 0 Å². The topological polar surface area (TPSA) is 89.6 Å². The van der Waals surface area contributed by atoms with Gasteiger partial charge in [0.25, 0.3) is 5.91 Å². The van der Waals surface area contributed by atoms with E-state index in [4.69, 9.17) is 9.47 Å². The average Bonchev–Trinajstić information content (AvgIpc) is 3.18. The minimum absolute atomic E-state index is 0.221. The number of fused-ring (bicyclic) bond motifs is 1. The molecule has 2 aromatic rings. The molecule has 2 heterocycles. The van der Waals surface area contributed by atoms with Gasteiger partial charge >= 0.3 is 0 Å². The SMILES string of the molecule is O=C(NC1(C(=O)Nc2ccc3c(c2)OCCO3)CCCC1)c1ccccn1. The first kappa shape index (κ1) is 17.3. The highest BCUT2D eigenvalue weighted by Crippen LogP contribution is 2.35. The zero-order chi connectivity index (χ0) is 18.7. The number of rotatable bonds is 4. The standard InChI is InChI=1S/C20H21N3O4/c24-18(15-5-1-4-10-21-15)23-20(8-2-3-9-20)19(25)22-14-6-7-16-17(13-14)27-12-11-26-16/h1,4-7,10,13H,2-3,8-9,11-12H2,(H,22,25)(H,23,24). The predicted molar refractivity (Wildman–Crippen MR) is 99.0 cm³/mol. The van der Waals surface area contributed by atoms with Crippen molar-refractivity contribution in [2.75, 3.05) is 18.5 Å². The largest absolute Gasteiger partial charge is 0.486 e. The molecule has 1 saturated carbocycles. The van der Waals surface area contributed by atoms with Crippen LogP contribution in [0.5, 0.6) is 11.5 Å². The number of ether oxygens (including phenoxy) is 2. The maximum absolute atomic E-state index is 13.1. The molecule has 7 heteroatoms. The lowest BCUT2D eigenvalue weighted by Gasteiger charge is -2.29. The Balaban J connectivity index is 1.51. The van der Waals surface area contributed by atoms with Crippen LogP contribution in [0.4, 0.5) is 5.69 Å². The Morgan fingerprint density at radius 3 is 2.52 bits per heavy atom. The van der Waals surface area contributed by atoms with Crippen LogP contribution in [0, 0.1) is 0 Å². The first-order valence-corrected chi connectivity index (χ1v) is 9.11. The van der Waals surface area contributed by atoms with E-state index in [1.807, 2.05) is 0 Å². The lowest BCUT2D eigenvalue weighted by Crippen LogP contribution is -2.55. The fourth-order valence-electron chi connectivity index (χ4n) is 3.54. The van der Waals surface area contributed by atoms with Gasteiger partial charge in [-0.1, -0.05) is 18.9 Å². The van der Waals surface area contributed by atoms with Crippen molar-refractivity contribution in [1.29, 1.82) is 0 Å². The van der Waals surface area contributed by atoms with Gasteiger partial charge < -0.3 is 20.1 Å². The summed E-state index contributed by atoms with van der Waals surface area (Å²) in [5.41, 5.74) is -0.0134. The summed E-state index contributed by atoms with van der Waals surface area (Å²) >= 11 is 0. The summed E-state index contributed by atoms with van der Waals surface area (Å²) in [5.74, 6) is 0.714. The van der Waals surface area contributed by atoms with E-state index < -0.39 is 5.54 Å². The Hall–Kier alpha value is -3.09. The number of nitrogens with zero attached hydrogens (tertiary/aromatic N) is 1. The zero-order valence-electron chi connectivity index (χ0n) is 14.9. The van der Waals surface area contributed by atoms with Crippen LogP contribution < -0.4 is 20.1 Å². The molecule has 1 aromatic heterocycles. The Morgan fingerprint density at radius 2 is 1.78 bits per heavy atom. The minimum atomic E-state index is -0.929. The fraction of sp³-hybridized carbons (Fsp3) is 0.350. The molecule has 27 heavy (non-hydrogen) atoms. The first-order valence-electron chi connectivity index (χ1n) is 9.11. The number of pyridine rings is 1. The van der Waals surface area contributed by atoms with Crippen LogP contribution in [0.2, 0.25) is 0 Å². The van der Waals surface area contributed by atoms with Crippen molar-refractivity contribution in [1.82, 2.24) is 10.3 Å². The number of carbonyl (C=O) groups excluding carboxylic acids is 2. The van der Waals surface area contributed by atoms with Crippen molar-refractivity contribution >= 4 is 17.5 Å². The summed E-state index contributed by atoms with van der Waals surface area (Å²) in [6, 6.07) is 10.4. The first-order chi connectivity index (χ1) is 13.2. The third-order valence-electron chi connectivity index (χ3n) is 4.94. The van der Waals surface area contributed by atoms with Gasteiger partial charge in [-0.15, -0.1) is 0 Å². The number of benzene rings is 1. The molecule has 0 saturated heterocycles. The number of aromatic nitrogens is 1. The summed E-state index contributed by atoms with van der Waals surface area (Å²) in [4.78, 5) is 29.7. The van der Waals surface area contributed by atoms with Crippen molar-refractivity contribution in [3.05, 3.63) is 48.3 Å². The van der Waals surface area contributed by atoms with Crippen molar-refractivity contribution in [3.63, 3.8) is 0 Å². The summed E-state index contributed by atoms with van der Waals surface area (Å²) in [5, 5.41) is 5.84. The lowest BCUT2D eigenvalue weighted by atomic mass is 9.95. The highest BCUT2D eigenvalue weighted by molar-refractivity contribution is 6.03. The Labute approximate surface area is 157 Å². The van der Waals surface area contributed by atoms with Crippen LogP contribution in [0.3, 0.4) is 0 Å². The molecular formula is C20H21N3O4. The Bertz CT molecular complexity index is 848. The van der Waals surface area contributed by atoms with Gasteiger partial charge in [-0.05, 0) is 37.1 Å². The molecule has 0 radical (unpaired) electrons. The summed E-state index contributed by atoms with van der Waals surface area (Å²) in [6.07, 6.45) is 4.53. The molecule has 1 aromatic carbocycles. The van der Waals surface area contributed by atoms with Crippen LogP contribution in [0.15, 0.2) is 42.6 Å². The van der Waals surface area contributed by atoms with Crippen molar-refractivity contribution < 1.29 is 19.1 Å². The number of amides is 2. The van der Waals surface area contributed by atoms with Gasteiger partial charge in [0.15, 0.2) is 11.5 Å². The summed E-state index contributed by atoms with van der Waals surface area (Å²) in [6.45, 7) is 0.996. The molecule has 1 fully saturated rings. The van der Waals surface area contributed by atoms with Crippen LogP contribution >= 0.6 is 0 Å². The molecule has 7 nitrogen and oxygen atoms in total. The molecule has 2 N–H and O–H groups in total. The number of carbonyl (C=O) groups is 2. The molecule has 0 bridgehead atoms. The molecule has 2 amide bonds. The Kier molecular flexibility index (Phi) is 4.66. The average molecular weight is 367 g/mol. The number of hydrogen-bond acceptors (Lipinski definition) is 5. The smallest absolute Gasteiger partial charge is 0.270 e. The van der Waals surface area contributed by atoms with E-state index >= 15 is 0 Å². The second-order valence-corrected chi connectivity index (χ2v) is 6.77. The van der Waals surface area contributed by atoms with Crippen LogP contribution in [0.1, 0.15) is 36.2 Å². The molecule has 1 aliphatic heterocycles. The maximum atomic E-state index is 13.1. The maximum Gasteiger partial charge on any atom is 0.270 e. The van der Waals surface area contributed by atoms with E-state index in [2.05, 4.69) is 15.6 Å². The van der Waals surface area contributed by atoms with Gasteiger partial charge in [-0.25, -0.2) is 0 Å². The highest BCUT2D eigenvalue weighted by Gasteiger charge is 2.42. The highest BCUT2D eigenvalue weighted by atomic mass is 16.6. The van der Waals surface area contributed by atoms with E-state index in [9.17, 15) is 9.59 Å². The van der Waals surface area contributed by atoms with E-state index in [0.29, 0.717) is 48.9 Å². The van der Waals surface area contributed by atoms with Gasteiger partial charge in [-0.2, -0.15) is 0 Å². The van der Waals surface area contributed by atoms with Crippen molar-refractivity contribution in [2.45, 2.75) is 31.2 Å². The third kappa shape index (κ3) is 3.58. The molecule has 4 rings (SSSR count). The molecular weight excluding hydrogens is 346 g/mol. The predicted octanol–water partition coefficient (Wildman–Crippen LogP) is 2.53. The van der Waals surface area contributed by atoms with Crippen molar-refractivity contribution in [2.24, 2.45) is 0 Å². The molecule has 0 atom stereocenters. The number of anilines is 1. The third-order valence-corrected chi connectivity index (χ3v) is 4.94. The van der Waals surface area contributed by atoms with E-state index in [1.165, 1.54) is 0 Å². The minimum Gasteiger partial charge on any atom is -0.486 e. The molecule has 0 unspecified atom stereocenters. The second-order valence-electron chi connectivity index (χ2n) is 6.77. The van der Waals surface area contributed by atoms with E-state index in [0.717, 1.165) is 12.8 Å². The molecule has 2 aliphatic rings. The molecule has 140 valence electrons.